The average molecular weight is 298 g/mol. The lowest BCUT2D eigenvalue weighted by Crippen LogP contribution is -2.17. The van der Waals surface area contributed by atoms with Gasteiger partial charge in [0.2, 0.25) is 0 Å². The molecule has 2 aromatic rings. The Hall–Kier alpha value is -1.65. The first-order valence-electron chi connectivity index (χ1n) is 6.07. The van der Waals surface area contributed by atoms with Gasteiger partial charge in [-0.05, 0) is 42.4 Å². The minimum Gasteiger partial charge on any atom is -0.435 e. The fraction of sp³-hybridized carbons (Fsp3) is 0.200. The Kier molecular flexibility index (Phi) is 4.93. The highest BCUT2D eigenvalue weighted by Crippen LogP contribution is 2.26. The fourth-order valence-electron chi connectivity index (χ4n) is 2.05. The van der Waals surface area contributed by atoms with Crippen molar-refractivity contribution in [1.29, 1.82) is 0 Å². The second-order valence-electron chi connectivity index (χ2n) is 4.22. The van der Waals surface area contributed by atoms with E-state index in [1.165, 1.54) is 12.1 Å². The maximum Gasteiger partial charge on any atom is 0.387 e. The van der Waals surface area contributed by atoms with Crippen molar-refractivity contribution in [3.63, 3.8) is 0 Å². The summed E-state index contributed by atoms with van der Waals surface area (Å²) in [6, 6.07) is 14.0. The van der Waals surface area contributed by atoms with Gasteiger partial charge in [0.25, 0.3) is 0 Å². The molecule has 0 aliphatic heterocycles. The lowest BCUT2D eigenvalue weighted by molar-refractivity contribution is -0.0498. The van der Waals surface area contributed by atoms with E-state index in [-0.39, 0.29) is 11.8 Å². The molecule has 2 nitrogen and oxygen atoms in total. The van der Waals surface area contributed by atoms with Gasteiger partial charge in [-0.1, -0.05) is 35.9 Å². The molecule has 0 saturated heterocycles. The second kappa shape index (κ2) is 6.68. The molecule has 1 unspecified atom stereocenters. The molecule has 0 aliphatic rings. The van der Waals surface area contributed by atoms with Crippen LogP contribution in [-0.2, 0) is 0 Å². The van der Waals surface area contributed by atoms with Crippen LogP contribution in [0, 0.1) is 0 Å². The van der Waals surface area contributed by atoms with Crippen molar-refractivity contribution < 1.29 is 13.5 Å². The summed E-state index contributed by atoms with van der Waals surface area (Å²) < 4.78 is 28.5. The molecule has 2 aromatic carbocycles. The monoisotopic (exact) mass is 297 g/mol. The number of rotatable bonds is 5. The predicted molar refractivity (Wildman–Crippen MR) is 75.4 cm³/mol. The first kappa shape index (κ1) is 14.8. The first-order chi connectivity index (χ1) is 9.60. The zero-order valence-corrected chi connectivity index (χ0v) is 11.6. The molecule has 0 bridgehead atoms. The summed E-state index contributed by atoms with van der Waals surface area (Å²) in [7, 11) is 1.83. The maximum absolute atomic E-state index is 12.1. The molecule has 1 atom stereocenters. The van der Waals surface area contributed by atoms with E-state index in [0.717, 1.165) is 11.1 Å². The Morgan fingerprint density at radius 2 is 1.75 bits per heavy atom. The number of alkyl halides is 2. The van der Waals surface area contributed by atoms with Crippen LogP contribution in [0.3, 0.4) is 0 Å². The summed E-state index contributed by atoms with van der Waals surface area (Å²) in [6.07, 6.45) is 0. The molecule has 0 radical (unpaired) electrons. The predicted octanol–water partition coefficient (Wildman–Crippen LogP) is 4.25. The van der Waals surface area contributed by atoms with E-state index in [9.17, 15) is 8.78 Å². The Balaban J connectivity index is 2.23. The summed E-state index contributed by atoms with van der Waals surface area (Å²) in [5, 5.41) is 3.83. The highest BCUT2D eigenvalue weighted by atomic mass is 35.5. The zero-order valence-electron chi connectivity index (χ0n) is 10.8. The average Bonchev–Trinajstić information content (AvgIpc) is 2.41. The van der Waals surface area contributed by atoms with Crippen LogP contribution in [0.2, 0.25) is 5.02 Å². The molecular formula is C15H14ClF2NO. The molecule has 2 rings (SSSR count). The van der Waals surface area contributed by atoms with Gasteiger partial charge in [0, 0.05) is 5.02 Å². The van der Waals surface area contributed by atoms with Gasteiger partial charge < -0.3 is 10.1 Å². The van der Waals surface area contributed by atoms with Crippen LogP contribution in [0.15, 0.2) is 48.5 Å². The molecule has 0 aromatic heterocycles. The third-order valence-corrected chi connectivity index (χ3v) is 3.14. The van der Waals surface area contributed by atoms with Gasteiger partial charge in [0.05, 0.1) is 6.04 Å². The van der Waals surface area contributed by atoms with E-state index in [1.807, 2.05) is 25.2 Å². The molecule has 0 aliphatic carbocycles. The van der Waals surface area contributed by atoms with Gasteiger partial charge in [-0.2, -0.15) is 8.78 Å². The number of halogens is 3. The number of hydrogen-bond acceptors (Lipinski definition) is 2. The Morgan fingerprint density at radius 3 is 2.30 bits per heavy atom. The van der Waals surface area contributed by atoms with Crippen molar-refractivity contribution in [3.05, 3.63) is 64.7 Å². The van der Waals surface area contributed by atoms with Crippen molar-refractivity contribution in [2.75, 3.05) is 7.05 Å². The van der Waals surface area contributed by atoms with Crippen LogP contribution in [0.25, 0.3) is 0 Å². The molecule has 0 spiro atoms. The van der Waals surface area contributed by atoms with Crippen molar-refractivity contribution in [3.8, 4) is 5.75 Å². The van der Waals surface area contributed by atoms with Crippen LogP contribution in [0.4, 0.5) is 8.78 Å². The topological polar surface area (TPSA) is 21.3 Å². The molecule has 106 valence electrons. The highest BCUT2D eigenvalue weighted by molar-refractivity contribution is 6.30. The lowest BCUT2D eigenvalue weighted by Gasteiger charge is -2.18. The van der Waals surface area contributed by atoms with Gasteiger partial charge in [0.1, 0.15) is 5.75 Å². The maximum atomic E-state index is 12.1. The summed E-state index contributed by atoms with van der Waals surface area (Å²) in [6.45, 7) is -2.81. The van der Waals surface area contributed by atoms with Crippen molar-refractivity contribution in [2.45, 2.75) is 12.7 Å². The number of benzene rings is 2. The van der Waals surface area contributed by atoms with Gasteiger partial charge in [-0.25, -0.2) is 0 Å². The van der Waals surface area contributed by atoms with E-state index < -0.39 is 6.61 Å². The summed E-state index contributed by atoms with van der Waals surface area (Å²) in [5.41, 5.74) is 1.94. The van der Waals surface area contributed by atoms with E-state index in [2.05, 4.69) is 10.1 Å². The Labute approximate surface area is 121 Å². The molecule has 0 fully saturated rings. The normalized spacial score (nSPS) is 12.4. The van der Waals surface area contributed by atoms with Gasteiger partial charge in [-0.3, -0.25) is 0 Å². The minimum atomic E-state index is -2.81. The molecule has 5 heteroatoms. The lowest BCUT2D eigenvalue weighted by atomic mass is 9.99. The highest BCUT2D eigenvalue weighted by Gasteiger charge is 2.13. The number of nitrogens with one attached hydrogen (secondary N) is 1. The molecule has 0 heterocycles. The molecular weight excluding hydrogens is 284 g/mol. The number of ether oxygens (including phenoxy) is 1. The molecule has 1 N–H and O–H groups in total. The zero-order chi connectivity index (χ0) is 14.5. The van der Waals surface area contributed by atoms with Crippen LogP contribution < -0.4 is 10.1 Å². The Morgan fingerprint density at radius 1 is 1.05 bits per heavy atom. The smallest absolute Gasteiger partial charge is 0.387 e. The van der Waals surface area contributed by atoms with E-state index in [0.29, 0.717) is 5.02 Å². The van der Waals surface area contributed by atoms with Crippen LogP contribution in [0.1, 0.15) is 17.2 Å². The van der Waals surface area contributed by atoms with Gasteiger partial charge in [-0.15, -0.1) is 0 Å². The van der Waals surface area contributed by atoms with Crippen LogP contribution >= 0.6 is 11.6 Å². The Bertz CT molecular complexity index is 560. The van der Waals surface area contributed by atoms with Crippen LogP contribution in [-0.4, -0.2) is 13.7 Å². The van der Waals surface area contributed by atoms with Crippen LogP contribution in [0.5, 0.6) is 5.75 Å². The van der Waals surface area contributed by atoms with E-state index in [4.69, 9.17) is 11.6 Å². The summed E-state index contributed by atoms with van der Waals surface area (Å²) in [4.78, 5) is 0. The van der Waals surface area contributed by atoms with E-state index >= 15 is 0 Å². The second-order valence-corrected chi connectivity index (χ2v) is 4.66. The van der Waals surface area contributed by atoms with Crippen molar-refractivity contribution in [1.82, 2.24) is 5.32 Å². The first-order valence-corrected chi connectivity index (χ1v) is 6.45. The summed E-state index contributed by atoms with van der Waals surface area (Å²) in [5.74, 6) is 0.143. The number of hydrogen-bond donors (Lipinski definition) is 1. The molecule has 20 heavy (non-hydrogen) atoms. The summed E-state index contributed by atoms with van der Waals surface area (Å²) >= 11 is 5.98. The SMILES string of the molecule is CNC(c1ccc(OC(F)F)cc1)c1cccc(Cl)c1. The standard InChI is InChI=1S/C15H14ClF2NO/c1-19-14(11-3-2-4-12(16)9-11)10-5-7-13(8-6-10)20-15(17)18/h2-9,14-15,19H,1H3. The minimum absolute atomic E-state index is 0.0608. The third-order valence-electron chi connectivity index (χ3n) is 2.91. The van der Waals surface area contributed by atoms with Gasteiger partial charge in [0.15, 0.2) is 0 Å². The van der Waals surface area contributed by atoms with Crippen molar-refractivity contribution >= 4 is 11.6 Å². The molecule has 0 amide bonds. The van der Waals surface area contributed by atoms with Gasteiger partial charge >= 0.3 is 6.61 Å². The fourth-order valence-corrected chi connectivity index (χ4v) is 2.25. The van der Waals surface area contributed by atoms with Crippen molar-refractivity contribution in [2.24, 2.45) is 0 Å². The largest absolute Gasteiger partial charge is 0.435 e. The quantitative estimate of drug-likeness (QED) is 0.891. The molecule has 0 saturated carbocycles. The van der Waals surface area contributed by atoms with E-state index in [1.54, 1.807) is 18.2 Å². The third kappa shape index (κ3) is 3.68.